The molecule has 2 nitrogen and oxygen atoms in total. The summed E-state index contributed by atoms with van der Waals surface area (Å²) in [4.78, 5) is 2.51. The molecular formula is C10H19NO. The molecule has 1 N–H and O–H groups in total. The summed E-state index contributed by atoms with van der Waals surface area (Å²) in [6.45, 7) is 3.33. The molecule has 2 saturated heterocycles. The zero-order valence-electron chi connectivity index (χ0n) is 7.87. The van der Waals surface area contributed by atoms with E-state index in [4.69, 9.17) is 0 Å². The van der Waals surface area contributed by atoms with Crippen molar-refractivity contribution in [2.24, 2.45) is 0 Å². The van der Waals surface area contributed by atoms with Crippen LogP contribution in [-0.2, 0) is 0 Å². The lowest BCUT2D eigenvalue weighted by atomic mass is 9.99. The summed E-state index contributed by atoms with van der Waals surface area (Å²) in [5, 5.41) is 9.84. The van der Waals surface area contributed by atoms with Gasteiger partial charge in [0.25, 0.3) is 0 Å². The van der Waals surface area contributed by atoms with Crippen molar-refractivity contribution in [3.8, 4) is 0 Å². The number of hydrogen-bond acceptors (Lipinski definition) is 2. The van der Waals surface area contributed by atoms with Gasteiger partial charge in [-0.3, -0.25) is 4.90 Å². The Balaban J connectivity index is 2.12. The second kappa shape index (κ2) is 3.35. The second-order valence-electron chi connectivity index (χ2n) is 4.13. The molecule has 0 amide bonds. The Labute approximate surface area is 74.6 Å². The van der Waals surface area contributed by atoms with E-state index in [-0.39, 0.29) is 6.10 Å². The maximum absolute atomic E-state index is 9.84. The van der Waals surface area contributed by atoms with Crippen LogP contribution in [0.1, 0.15) is 39.0 Å². The van der Waals surface area contributed by atoms with Crippen LogP contribution in [-0.4, -0.2) is 34.7 Å². The van der Waals surface area contributed by atoms with Crippen molar-refractivity contribution in [2.75, 3.05) is 6.54 Å². The van der Waals surface area contributed by atoms with Gasteiger partial charge < -0.3 is 5.11 Å². The molecule has 2 heterocycles. The number of rotatable bonds is 1. The number of aliphatic hydroxyl groups excluding tert-OH is 1. The topological polar surface area (TPSA) is 23.5 Å². The highest BCUT2D eigenvalue weighted by Gasteiger charge is 2.38. The van der Waals surface area contributed by atoms with Crippen LogP contribution in [0.5, 0.6) is 0 Å². The van der Waals surface area contributed by atoms with Gasteiger partial charge in [0.1, 0.15) is 0 Å². The Morgan fingerprint density at radius 2 is 2.08 bits per heavy atom. The average molecular weight is 169 g/mol. The first-order valence-corrected chi connectivity index (χ1v) is 5.26. The highest BCUT2D eigenvalue weighted by atomic mass is 16.3. The third-order valence-electron chi connectivity index (χ3n) is 3.54. The SMILES string of the molecule is CCN1C2CCCC(O)C1CC2. The van der Waals surface area contributed by atoms with Gasteiger partial charge in [-0.1, -0.05) is 6.92 Å². The van der Waals surface area contributed by atoms with Crippen molar-refractivity contribution >= 4 is 0 Å². The summed E-state index contributed by atoms with van der Waals surface area (Å²) < 4.78 is 0. The minimum Gasteiger partial charge on any atom is -0.391 e. The number of likely N-dealkylation sites (N-methyl/N-ethyl adjacent to an activating group) is 1. The molecule has 2 aliphatic rings. The smallest absolute Gasteiger partial charge is 0.0695 e. The van der Waals surface area contributed by atoms with Crippen LogP contribution in [0, 0.1) is 0 Å². The van der Waals surface area contributed by atoms with E-state index in [1.807, 2.05) is 0 Å². The Morgan fingerprint density at radius 3 is 2.83 bits per heavy atom. The summed E-state index contributed by atoms with van der Waals surface area (Å²) in [7, 11) is 0. The van der Waals surface area contributed by atoms with Crippen LogP contribution in [0.4, 0.5) is 0 Å². The third kappa shape index (κ3) is 1.27. The van der Waals surface area contributed by atoms with E-state index in [0.717, 1.165) is 19.0 Å². The zero-order valence-corrected chi connectivity index (χ0v) is 7.87. The van der Waals surface area contributed by atoms with E-state index in [2.05, 4.69) is 11.8 Å². The van der Waals surface area contributed by atoms with Gasteiger partial charge in [-0.15, -0.1) is 0 Å². The molecule has 0 aromatic heterocycles. The molecule has 2 fully saturated rings. The fraction of sp³-hybridized carbons (Fsp3) is 1.00. The van der Waals surface area contributed by atoms with Gasteiger partial charge in [0.2, 0.25) is 0 Å². The van der Waals surface area contributed by atoms with Crippen LogP contribution in [0.15, 0.2) is 0 Å². The predicted molar refractivity (Wildman–Crippen MR) is 49.0 cm³/mol. The highest BCUT2D eigenvalue weighted by molar-refractivity contribution is 4.93. The lowest BCUT2D eigenvalue weighted by Crippen LogP contribution is -2.40. The van der Waals surface area contributed by atoms with E-state index < -0.39 is 0 Å². The van der Waals surface area contributed by atoms with Gasteiger partial charge in [-0.05, 0) is 38.6 Å². The first kappa shape index (κ1) is 8.52. The monoisotopic (exact) mass is 169 g/mol. The van der Waals surface area contributed by atoms with Crippen LogP contribution in [0.25, 0.3) is 0 Å². The molecule has 2 heteroatoms. The summed E-state index contributed by atoms with van der Waals surface area (Å²) >= 11 is 0. The number of fused-ring (bicyclic) bond motifs is 2. The quantitative estimate of drug-likeness (QED) is 0.641. The lowest BCUT2D eigenvalue weighted by molar-refractivity contribution is 0.0697. The minimum atomic E-state index is -0.0440. The minimum absolute atomic E-state index is 0.0440. The molecule has 2 bridgehead atoms. The maximum Gasteiger partial charge on any atom is 0.0695 e. The molecule has 0 aromatic rings. The number of nitrogens with zero attached hydrogens (tertiary/aromatic N) is 1. The molecule has 0 saturated carbocycles. The average Bonchev–Trinajstić information content (AvgIpc) is 2.38. The number of aliphatic hydroxyl groups is 1. The molecule has 12 heavy (non-hydrogen) atoms. The summed E-state index contributed by atoms with van der Waals surface area (Å²) in [5.41, 5.74) is 0. The molecule has 2 aliphatic heterocycles. The van der Waals surface area contributed by atoms with Crippen molar-refractivity contribution in [1.82, 2.24) is 4.90 Å². The fourth-order valence-electron chi connectivity index (χ4n) is 2.94. The molecular weight excluding hydrogens is 150 g/mol. The van der Waals surface area contributed by atoms with Gasteiger partial charge in [0.15, 0.2) is 0 Å². The third-order valence-corrected chi connectivity index (χ3v) is 3.54. The molecule has 0 radical (unpaired) electrons. The zero-order chi connectivity index (χ0) is 8.55. The van der Waals surface area contributed by atoms with Gasteiger partial charge in [0.05, 0.1) is 6.10 Å². The Bertz CT molecular complexity index is 160. The molecule has 3 atom stereocenters. The van der Waals surface area contributed by atoms with Crippen LogP contribution >= 0.6 is 0 Å². The molecule has 0 aliphatic carbocycles. The predicted octanol–water partition coefficient (Wildman–Crippen LogP) is 1.38. The Morgan fingerprint density at radius 1 is 1.25 bits per heavy atom. The lowest BCUT2D eigenvalue weighted by Gasteiger charge is -2.28. The summed E-state index contributed by atoms with van der Waals surface area (Å²) in [6.07, 6.45) is 6.05. The highest BCUT2D eigenvalue weighted by Crippen LogP contribution is 2.33. The van der Waals surface area contributed by atoms with Crippen molar-refractivity contribution in [3.63, 3.8) is 0 Å². The number of hydrogen-bond donors (Lipinski definition) is 1. The fourth-order valence-corrected chi connectivity index (χ4v) is 2.94. The van der Waals surface area contributed by atoms with Gasteiger partial charge in [-0.2, -0.15) is 0 Å². The molecule has 2 rings (SSSR count). The Hall–Kier alpha value is -0.0800. The molecule has 0 spiro atoms. The molecule has 3 unspecified atom stereocenters. The van der Waals surface area contributed by atoms with Gasteiger partial charge in [-0.25, -0.2) is 0 Å². The van der Waals surface area contributed by atoms with Gasteiger partial charge in [0, 0.05) is 12.1 Å². The van der Waals surface area contributed by atoms with Crippen molar-refractivity contribution in [3.05, 3.63) is 0 Å². The second-order valence-corrected chi connectivity index (χ2v) is 4.13. The largest absolute Gasteiger partial charge is 0.391 e. The van der Waals surface area contributed by atoms with Crippen molar-refractivity contribution in [1.29, 1.82) is 0 Å². The van der Waals surface area contributed by atoms with Crippen LogP contribution in [0.3, 0.4) is 0 Å². The first-order chi connectivity index (χ1) is 5.83. The van der Waals surface area contributed by atoms with Crippen LogP contribution in [0.2, 0.25) is 0 Å². The van der Waals surface area contributed by atoms with Crippen molar-refractivity contribution < 1.29 is 5.11 Å². The van der Waals surface area contributed by atoms with E-state index in [1.165, 1.54) is 25.7 Å². The molecule has 70 valence electrons. The summed E-state index contributed by atoms with van der Waals surface area (Å²) in [5.74, 6) is 0. The van der Waals surface area contributed by atoms with E-state index >= 15 is 0 Å². The van der Waals surface area contributed by atoms with E-state index in [1.54, 1.807) is 0 Å². The van der Waals surface area contributed by atoms with Gasteiger partial charge >= 0.3 is 0 Å². The van der Waals surface area contributed by atoms with Crippen LogP contribution < -0.4 is 0 Å². The van der Waals surface area contributed by atoms with Crippen molar-refractivity contribution in [2.45, 2.75) is 57.2 Å². The molecule has 0 aromatic carbocycles. The first-order valence-electron chi connectivity index (χ1n) is 5.26. The Kier molecular flexibility index (Phi) is 2.37. The van der Waals surface area contributed by atoms with E-state index in [9.17, 15) is 5.11 Å². The standard InChI is InChI=1S/C10H19NO/c1-2-11-8-4-3-5-10(12)9(11)7-6-8/h8-10,12H,2-7H2,1H3. The summed E-state index contributed by atoms with van der Waals surface area (Å²) in [6, 6.07) is 1.28. The normalized spacial score (nSPS) is 43.0. The maximum atomic E-state index is 9.84. The van der Waals surface area contributed by atoms with E-state index in [0.29, 0.717) is 6.04 Å².